The van der Waals surface area contributed by atoms with E-state index in [0.29, 0.717) is 12.0 Å². The van der Waals surface area contributed by atoms with Crippen molar-refractivity contribution in [3.8, 4) is 0 Å². The number of aromatic nitrogens is 2. The van der Waals surface area contributed by atoms with Crippen LogP contribution < -0.4 is 15.8 Å². The number of nitrogens with one attached hydrogen (secondary N) is 2. The van der Waals surface area contributed by atoms with Gasteiger partial charge in [-0.1, -0.05) is 25.4 Å². The van der Waals surface area contributed by atoms with Gasteiger partial charge in [0.1, 0.15) is 5.02 Å². The van der Waals surface area contributed by atoms with Crippen LogP contribution in [0.15, 0.2) is 11.0 Å². The molecule has 5 nitrogen and oxygen atoms in total. The molecule has 1 aliphatic heterocycles. The Labute approximate surface area is 118 Å². The lowest BCUT2D eigenvalue weighted by molar-refractivity contribution is 0.379. The molecule has 0 saturated carbocycles. The van der Waals surface area contributed by atoms with Crippen LogP contribution in [0.4, 0.5) is 5.69 Å². The van der Waals surface area contributed by atoms with Crippen molar-refractivity contribution in [1.29, 1.82) is 0 Å². The Kier molecular flexibility index (Phi) is 4.82. The summed E-state index contributed by atoms with van der Waals surface area (Å²) in [6.07, 6.45) is 3.97. The van der Waals surface area contributed by atoms with E-state index in [-0.39, 0.29) is 10.6 Å². The normalized spacial score (nSPS) is 20.0. The lowest BCUT2D eigenvalue weighted by Gasteiger charge is -2.34. The molecule has 1 aliphatic rings. The van der Waals surface area contributed by atoms with Crippen molar-refractivity contribution in [1.82, 2.24) is 15.5 Å². The van der Waals surface area contributed by atoms with E-state index in [4.69, 9.17) is 11.6 Å². The van der Waals surface area contributed by atoms with Gasteiger partial charge in [0.15, 0.2) is 0 Å². The van der Waals surface area contributed by atoms with Crippen LogP contribution in [0.5, 0.6) is 0 Å². The Bertz CT molecular complexity index is 474. The molecule has 0 bridgehead atoms. The highest BCUT2D eigenvalue weighted by atomic mass is 35.5. The van der Waals surface area contributed by atoms with E-state index >= 15 is 0 Å². The Balaban J connectivity index is 2.04. The largest absolute Gasteiger partial charge is 0.369 e. The first-order chi connectivity index (χ1) is 9.08. The summed E-state index contributed by atoms with van der Waals surface area (Å²) in [6, 6.07) is 0.500. The zero-order chi connectivity index (χ0) is 13.8. The van der Waals surface area contributed by atoms with E-state index < -0.39 is 0 Å². The summed E-state index contributed by atoms with van der Waals surface area (Å²) in [5.41, 5.74) is 0.432. The van der Waals surface area contributed by atoms with E-state index in [1.165, 1.54) is 6.42 Å². The summed E-state index contributed by atoms with van der Waals surface area (Å²) in [5.74, 6) is 0.589. The van der Waals surface area contributed by atoms with E-state index in [0.717, 1.165) is 31.7 Å². The molecule has 1 atom stereocenters. The maximum atomic E-state index is 11.5. The van der Waals surface area contributed by atoms with Gasteiger partial charge in [0.25, 0.3) is 5.56 Å². The minimum absolute atomic E-state index is 0.243. The van der Waals surface area contributed by atoms with E-state index in [9.17, 15) is 4.79 Å². The van der Waals surface area contributed by atoms with Gasteiger partial charge in [-0.25, -0.2) is 5.10 Å². The monoisotopic (exact) mass is 284 g/mol. The SMILES string of the molecule is CC(C)NCC1CCCN(c2cn[nH]c(=O)c2Cl)C1. The minimum atomic E-state index is -0.318. The quantitative estimate of drug-likeness (QED) is 0.882. The molecule has 1 unspecified atom stereocenters. The van der Waals surface area contributed by atoms with Crippen molar-refractivity contribution in [2.75, 3.05) is 24.5 Å². The second kappa shape index (κ2) is 6.39. The summed E-state index contributed by atoms with van der Waals surface area (Å²) in [5, 5.41) is 9.91. The number of hydrogen-bond acceptors (Lipinski definition) is 4. The number of rotatable bonds is 4. The molecule has 0 aromatic carbocycles. The van der Waals surface area contributed by atoms with E-state index in [2.05, 4.69) is 34.3 Å². The fourth-order valence-electron chi connectivity index (χ4n) is 2.45. The van der Waals surface area contributed by atoms with Gasteiger partial charge in [0.05, 0.1) is 11.9 Å². The summed E-state index contributed by atoms with van der Waals surface area (Å²) in [7, 11) is 0. The van der Waals surface area contributed by atoms with Gasteiger partial charge in [-0.15, -0.1) is 0 Å². The summed E-state index contributed by atoms with van der Waals surface area (Å²) in [6.45, 7) is 7.16. The Morgan fingerprint density at radius 1 is 1.63 bits per heavy atom. The summed E-state index contributed by atoms with van der Waals surface area (Å²) < 4.78 is 0. The van der Waals surface area contributed by atoms with Gasteiger partial charge in [0.2, 0.25) is 0 Å². The number of nitrogens with zero attached hydrogens (tertiary/aromatic N) is 2. The molecule has 19 heavy (non-hydrogen) atoms. The molecule has 6 heteroatoms. The fraction of sp³-hybridized carbons (Fsp3) is 0.692. The van der Waals surface area contributed by atoms with E-state index in [1.54, 1.807) is 6.20 Å². The Morgan fingerprint density at radius 2 is 2.42 bits per heavy atom. The maximum absolute atomic E-state index is 11.5. The second-order valence-electron chi connectivity index (χ2n) is 5.42. The highest BCUT2D eigenvalue weighted by Gasteiger charge is 2.22. The molecule has 1 aromatic heterocycles. The van der Waals surface area contributed by atoms with Crippen molar-refractivity contribution >= 4 is 17.3 Å². The zero-order valence-corrected chi connectivity index (χ0v) is 12.2. The molecule has 0 radical (unpaired) electrons. The molecule has 0 aliphatic carbocycles. The van der Waals surface area contributed by atoms with E-state index in [1.807, 2.05) is 0 Å². The third-order valence-electron chi connectivity index (χ3n) is 3.45. The lowest BCUT2D eigenvalue weighted by Crippen LogP contribution is -2.41. The van der Waals surface area contributed by atoms with Gasteiger partial charge in [-0.3, -0.25) is 4.79 Å². The lowest BCUT2D eigenvalue weighted by atomic mass is 9.97. The maximum Gasteiger partial charge on any atom is 0.285 e. The van der Waals surface area contributed by atoms with Gasteiger partial charge in [0, 0.05) is 19.1 Å². The molecular formula is C13H21ClN4O. The summed E-state index contributed by atoms with van der Waals surface area (Å²) >= 11 is 6.06. The number of anilines is 1. The van der Waals surface area contributed by atoms with Crippen molar-refractivity contribution in [3.05, 3.63) is 21.6 Å². The molecule has 2 heterocycles. The first-order valence-electron chi connectivity index (χ1n) is 6.79. The molecule has 0 amide bonds. The number of aromatic amines is 1. The standard InChI is InChI=1S/C13H21ClN4O/c1-9(2)15-6-10-4-3-5-18(8-10)11-7-16-17-13(19)12(11)14/h7,9-10,15H,3-6,8H2,1-2H3,(H,17,19). The van der Waals surface area contributed by atoms with Crippen LogP contribution in [0.3, 0.4) is 0 Å². The van der Waals surface area contributed by atoms with Gasteiger partial charge >= 0.3 is 0 Å². The van der Waals surface area contributed by atoms with Crippen LogP contribution in [0.2, 0.25) is 5.02 Å². The minimum Gasteiger partial charge on any atom is -0.369 e. The summed E-state index contributed by atoms with van der Waals surface area (Å²) in [4.78, 5) is 13.7. The number of piperidine rings is 1. The first-order valence-corrected chi connectivity index (χ1v) is 7.17. The highest BCUT2D eigenvalue weighted by Crippen LogP contribution is 2.26. The topological polar surface area (TPSA) is 61.0 Å². The Hall–Kier alpha value is -1.07. The van der Waals surface area contributed by atoms with Gasteiger partial charge in [-0.05, 0) is 25.3 Å². The number of hydrogen-bond donors (Lipinski definition) is 2. The smallest absolute Gasteiger partial charge is 0.285 e. The van der Waals surface area contributed by atoms with Crippen LogP contribution in [0.1, 0.15) is 26.7 Å². The number of H-pyrrole nitrogens is 1. The molecule has 2 rings (SSSR count). The average Bonchev–Trinajstić information content (AvgIpc) is 2.40. The second-order valence-corrected chi connectivity index (χ2v) is 5.79. The molecule has 0 spiro atoms. The highest BCUT2D eigenvalue weighted by molar-refractivity contribution is 6.32. The zero-order valence-electron chi connectivity index (χ0n) is 11.4. The third-order valence-corrected chi connectivity index (χ3v) is 3.82. The Morgan fingerprint density at radius 3 is 3.16 bits per heavy atom. The average molecular weight is 285 g/mol. The van der Waals surface area contributed by atoms with Gasteiger partial charge < -0.3 is 10.2 Å². The number of halogens is 1. The van der Waals surface area contributed by atoms with Crippen molar-refractivity contribution in [3.63, 3.8) is 0 Å². The fourth-order valence-corrected chi connectivity index (χ4v) is 2.66. The van der Waals surface area contributed by atoms with Crippen molar-refractivity contribution < 1.29 is 0 Å². The predicted molar refractivity (Wildman–Crippen MR) is 77.9 cm³/mol. The van der Waals surface area contributed by atoms with Crippen LogP contribution in [0, 0.1) is 5.92 Å². The van der Waals surface area contributed by atoms with Crippen molar-refractivity contribution in [2.24, 2.45) is 5.92 Å². The molecule has 2 N–H and O–H groups in total. The van der Waals surface area contributed by atoms with Crippen LogP contribution in [0.25, 0.3) is 0 Å². The van der Waals surface area contributed by atoms with Crippen LogP contribution in [-0.4, -0.2) is 35.9 Å². The molecule has 1 aromatic rings. The third kappa shape index (κ3) is 3.70. The molecule has 106 valence electrons. The first kappa shape index (κ1) is 14.3. The van der Waals surface area contributed by atoms with Crippen molar-refractivity contribution in [2.45, 2.75) is 32.7 Å². The van der Waals surface area contributed by atoms with Crippen LogP contribution in [-0.2, 0) is 0 Å². The predicted octanol–water partition coefficient (Wildman–Crippen LogP) is 1.64. The molecule has 1 fully saturated rings. The van der Waals surface area contributed by atoms with Crippen LogP contribution >= 0.6 is 11.6 Å². The molecular weight excluding hydrogens is 264 g/mol. The van der Waals surface area contributed by atoms with Gasteiger partial charge in [-0.2, -0.15) is 5.10 Å². The molecule has 1 saturated heterocycles.